The van der Waals surface area contributed by atoms with E-state index in [4.69, 9.17) is 0 Å². The van der Waals surface area contributed by atoms with Crippen LogP contribution in [-0.2, 0) is 14.9 Å². The molecule has 0 aromatic carbocycles. The molecule has 0 aliphatic rings. The number of amides is 1. The normalized spacial score (nSPS) is 13.8. The minimum atomic E-state index is -4.40. The van der Waals surface area contributed by atoms with Gasteiger partial charge in [0.1, 0.15) is 6.10 Å². The lowest BCUT2D eigenvalue weighted by molar-refractivity contribution is -0.131. The molecule has 0 aromatic rings. The Bertz CT molecular complexity index is 808. The van der Waals surface area contributed by atoms with Crippen LogP contribution in [0.3, 0.4) is 0 Å². The Morgan fingerprint density at radius 1 is 0.469 bits per heavy atom. The summed E-state index contributed by atoms with van der Waals surface area (Å²) >= 11 is 0. The van der Waals surface area contributed by atoms with Gasteiger partial charge in [0.15, 0.2) is 0 Å². The standard InChI is InChI=1S/C41H83NO6S/c1-3-5-7-9-11-13-15-17-19-20-21-22-24-26-28-30-32-34-36-40(44)41(45)42-38(37-49(46,47)48)39(43)35-33-31-29-27-25-23-18-16-14-12-10-8-6-4-2/h38-40,43-44H,3-37H2,1-2H3,(H,42,45)(H,46,47,48). The molecule has 0 rings (SSSR count). The van der Waals surface area contributed by atoms with Crippen LogP contribution in [0.2, 0.25) is 0 Å². The van der Waals surface area contributed by atoms with Crippen LogP contribution < -0.4 is 5.32 Å². The molecule has 0 spiro atoms. The molecule has 0 heterocycles. The number of carbonyl (C=O) groups is 1. The number of carbonyl (C=O) groups excluding carboxylic acids is 1. The van der Waals surface area contributed by atoms with E-state index in [1.165, 1.54) is 161 Å². The van der Waals surface area contributed by atoms with E-state index in [0.717, 1.165) is 44.9 Å². The molecule has 0 saturated heterocycles. The van der Waals surface area contributed by atoms with Gasteiger partial charge < -0.3 is 15.5 Å². The molecule has 0 aliphatic carbocycles. The number of nitrogens with one attached hydrogen (secondary N) is 1. The van der Waals surface area contributed by atoms with Crippen molar-refractivity contribution in [1.29, 1.82) is 0 Å². The first kappa shape index (κ1) is 48.3. The summed E-state index contributed by atoms with van der Waals surface area (Å²) in [4.78, 5) is 12.6. The Morgan fingerprint density at radius 2 is 0.735 bits per heavy atom. The molecule has 1 amide bonds. The van der Waals surface area contributed by atoms with Gasteiger partial charge in [0, 0.05) is 0 Å². The second-order valence-corrected chi connectivity index (χ2v) is 16.6. The van der Waals surface area contributed by atoms with Crippen molar-refractivity contribution in [3.63, 3.8) is 0 Å². The number of unbranched alkanes of at least 4 members (excludes halogenated alkanes) is 30. The van der Waals surface area contributed by atoms with Crippen molar-refractivity contribution >= 4 is 16.0 Å². The lowest BCUT2D eigenvalue weighted by Gasteiger charge is -2.24. The maximum atomic E-state index is 12.6. The molecule has 0 radical (unpaired) electrons. The lowest BCUT2D eigenvalue weighted by atomic mass is 10.0. The molecule has 7 nitrogen and oxygen atoms in total. The summed E-state index contributed by atoms with van der Waals surface area (Å²) < 4.78 is 32.6. The fraction of sp³-hybridized carbons (Fsp3) is 0.976. The van der Waals surface area contributed by atoms with Crippen molar-refractivity contribution in [2.45, 2.75) is 250 Å². The van der Waals surface area contributed by atoms with Crippen molar-refractivity contribution in [3.05, 3.63) is 0 Å². The average Bonchev–Trinajstić information content (AvgIpc) is 3.06. The van der Waals surface area contributed by atoms with E-state index in [2.05, 4.69) is 19.2 Å². The summed E-state index contributed by atoms with van der Waals surface area (Å²) in [6.07, 6.45) is 38.3. The molecule has 3 atom stereocenters. The predicted octanol–water partition coefficient (Wildman–Crippen LogP) is 11.4. The van der Waals surface area contributed by atoms with Gasteiger partial charge in [-0.05, 0) is 12.8 Å². The van der Waals surface area contributed by atoms with Gasteiger partial charge >= 0.3 is 0 Å². The quantitative estimate of drug-likeness (QED) is 0.0371. The molecule has 0 aliphatic heterocycles. The Morgan fingerprint density at radius 3 is 1.02 bits per heavy atom. The molecule has 0 fully saturated rings. The SMILES string of the molecule is CCCCCCCCCCCCCCCCCCCCC(O)C(=O)NC(CS(=O)(=O)O)C(O)CCCCCCCCCCCCCCCC. The summed E-state index contributed by atoms with van der Waals surface area (Å²) in [5, 5.41) is 23.5. The van der Waals surface area contributed by atoms with E-state index in [1.807, 2.05) is 0 Å². The maximum Gasteiger partial charge on any atom is 0.266 e. The molecule has 0 saturated carbocycles. The zero-order valence-corrected chi connectivity index (χ0v) is 33.3. The summed E-state index contributed by atoms with van der Waals surface area (Å²) in [7, 11) is -4.40. The summed E-state index contributed by atoms with van der Waals surface area (Å²) in [5.41, 5.74) is 0. The monoisotopic (exact) mass is 718 g/mol. The molecule has 0 bridgehead atoms. The lowest BCUT2D eigenvalue weighted by Crippen LogP contribution is -2.50. The van der Waals surface area contributed by atoms with Crippen molar-refractivity contribution in [3.8, 4) is 0 Å². The maximum absolute atomic E-state index is 12.6. The second-order valence-electron chi connectivity index (χ2n) is 15.1. The predicted molar refractivity (Wildman–Crippen MR) is 209 cm³/mol. The molecular weight excluding hydrogens is 635 g/mol. The fourth-order valence-corrected chi connectivity index (χ4v) is 7.63. The van der Waals surface area contributed by atoms with Gasteiger partial charge in [-0.15, -0.1) is 0 Å². The fourth-order valence-electron chi connectivity index (χ4n) is 6.87. The van der Waals surface area contributed by atoms with Gasteiger partial charge in [-0.2, -0.15) is 8.42 Å². The summed E-state index contributed by atoms with van der Waals surface area (Å²) in [5.74, 6) is -1.44. The average molecular weight is 718 g/mol. The highest BCUT2D eigenvalue weighted by Crippen LogP contribution is 2.17. The molecule has 3 unspecified atom stereocenters. The highest BCUT2D eigenvalue weighted by Gasteiger charge is 2.28. The minimum Gasteiger partial charge on any atom is -0.391 e. The highest BCUT2D eigenvalue weighted by molar-refractivity contribution is 7.85. The largest absolute Gasteiger partial charge is 0.391 e. The van der Waals surface area contributed by atoms with Crippen LogP contribution in [0.4, 0.5) is 0 Å². The Hall–Kier alpha value is -0.700. The molecule has 0 aromatic heterocycles. The molecule has 8 heteroatoms. The smallest absolute Gasteiger partial charge is 0.266 e. The van der Waals surface area contributed by atoms with Crippen LogP contribution in [-0.4, -0.2) is 53.1 Å². The third-order valence-electron chi connectivity index (χ3n) is 10.2. The minimum absolute atomic E-state index is 0.304. The van der Waals surface area contributed by atoms with E-state index in [1.54, 1.807) is 0 Å². The first-order chi connectivity index (χ1) is 23.7. The summed E-state index contributed by atoms with van der Waals surface area (Å²) in [6.45, 7) is 4.52. The van der Waals surface area contributed by atoms with Crippen LogP contribution in [0.25, 0.3) is 0 Å². The number of aliphatic hydroxyl groups excluding tert-OH is 2. The van der Waals surface area contributed by atoms with Crippen LogP contribution in [0, 0.1) is 0 Å². The number of aliphatic hydroxyl groups is 2. The Labute approximate surface area is 304 Å². The molecule has 294 valence electrons. The highest BCUT2D eigenvalue weighted by atomic mass is 32.2. The third-order valence-corrected chi connectivity index (χ3v) is 10.9. The molecular formula is C41H83NO6S. The van der Waals surface area contributed by atoms with Gasteiger partial charge in [0.25, 0.3) is 10.1 Å². The van der Waals surface area contributed by atoms with Gasteiger partial charge in [0.05, 0.1) is 17.9 Å². The van der Waals surface area contributed by atoms with Crippen LogP contribution in [0.5, 0.6) is 0 Å². The summed E-state index contributed by atoms with van der Waals surface area (Å²) in [6, 6.07) is -1.14. The first-order valence-electron chi connectivity index (χ1n) is 21.3. The van der Waals surface area contributed by atoms with Crippen LogP contribution >= 0.6 is 0 Å². The molecule has 49 heavy (non-hydrogen) atoms. The number of rotatable bonds is 39. The third kappa shape index (κ3) is 35.5. The van der Waals surface area contributed by atoms with E-state index in [-0.39, 0.29) is 0 Å². The zero-order valence-electron chi connectivity index (χ0n) is 32.5. The van der Waals surface area contributed by atoms with Crippen LogP contribution in [0.1, 0.15) is 232 Å². The van der Waals surface area contributed by atoms with Gasteiger partial charge in [0.2, 0.25) is 5.91 Å². The van der Waals surface area contributed by atoms with E-state index >= 15 is 0 Å². The van der Waals surface area contributed by atoms with Gasteiger partial charge in [-0.25, -0.2) is 0 Å². The second kappa shape index (κ2) is 35.7. The first-order valence-corrected chi connectivity index (χ1v) is 22.9. The van der Waals surface area contributed by atoms with Crippen molar-refractivity contribution in [2.24, 2.45) is 0 Å². The van der Waals surface area contributed by atoms with Crippen LogP contribution in [0.15, 0.2) is 0 Å². The Kier molecular flexibility index (Phi) is 35.2. The zero-order chi connectivity index (χ0) is 36.3. The Balaban J connectivity index is 3.91. The van der Waals surface area contributed by atoms with E-state index in [0.29, 0.717) is 12.8 Å². The van der Waals surface area contributed by atoms with Crippen molar-refractivity contribution < 1.29 is 28.0 Å². The topological polar surface area (TPSA) is 124 Å². The van der Waals surface area contributed by atoms with Crippen molar-refractivity contribution in [2.75, 3.05) is 5.75 Å². The van der Waals surface area contributed by atoms with E-state index < -0.39 is 40.0 Å². The number of hydrogen-bond donors (Lipinski definition) is 4. The number of hydrogen-bond acceptors (Lipinski definition) is 5. The van der Waals surface area contributed by atoms with Crippen molar-refractivity contribution in [1.82, 2.24) is 5.32 Å². The molecule has 4 N–H and O–H groups in total. The van der Waals surface area contributed by atoms with E-state index in [9.17, 15) is 28.0 Å². The van der Waals surface area contributed by atoms with Gasteiger partial charge in [-0.1, -0.05) is 219 Å². The van der Waals surface area contributed by atoms with Gasteiger partial charge in [-0.3, -0.25) is 9.35 Å².